The van der Waals surface area contributed by atoms with Crippen molar-refractivity contribution in [1.82, 2.24) is 0 Å². The number of benzene rings is 2. The van der Waals surface area contributed by atoms with Gasteiger partial charge in [0.15, 0.2) is 0 Å². The largest absolute Gasteiger partial charge is 0.466 e. The molecule has 0 aromatic heterocycles. The molecule has 2 heterocycles. The van der Waals surface area contributed by atoms with Gasteiger partial charge < -0.3 is 25.3 Å². The molecule has 0 saturated carbocycles. The first-order valence-corrected chi connectivity index (χ1v) is 9.36. The van der Waals surface area contributed by atoms with Crippen molar-refractivity contribution < 1.29 is 19.2 Å². The van der Waals surface area contributed by atoms with Crippen molar-refractivity contribution >= 4 is 31.6 Å². The molecule has 0 saturated heterocycles. The van der Waals surface area contributed by atoms with Gasteiger partial charge >= 0.3 is 7.82 Å². The second-order valence-electron chi connectivity index (χ2n) is 5.16. The fourth-order valence-electron chi connectivity index (χ4n) is 2.07. The van der Waals surface area contributed by atoms with Crippen molar-refractivity contribution in [3.63, 3.8) is 0 Å². The van der Waals surface area contributed by atoms with E-state index in [1.165, 1.54) is 0 Å². The summed E-state index contributed by atoms with van der Waals surface area (Å²) in [5, 5.41) is 6.24. The van der Waals surface area contributed by atoms with Gasteiger partial charge in [0.1, 0.15) is 0 Å². The third kappa shape index (κ3) is 8.26. The molecule has 0 amide bonds. The van der Waals surface area contributed by atoms with Crippen LogP contribution in [0.25, 0.3) is 0 Å². The molecule has 8 nitrogen and oxygen atoms in total. The number of nitrogens with zero attached hydrogens (tertiary/aromatic N) is 2. The maximum atomic E-state index is 8.88. The molecular weight excluding hydrogens is 367 g/mol. The van der Waals surface area contributed by atoms with Gasteiger partial charge in [-0.1, -0.05) is 36.4 Å². The van der Waals surface area contributed by atoms with Crippen LogP contribution in [-0.2, 0) is 4.57 Å². The zero-order valence-electron chi connectivity index (χ0n) is 14.2. The number of hydrogen-bond acceptors (Lipinski definition) is 5. The number of phosphoric acid groups is 1. The predicted molar refractivity (Wildman–Crippen MR) is 108 cm³/mol. The smallest absolute Gasteiger partial charge is 0.360 e. The van der Waals surface area contributed by atoms with Gasteiger partial charge in [-0.05, 0) is 12.1 Å². The summed E-state index contributed by atoms with van der Waals surface area (Å²) in [6.45, 7) is 0. The number of fused-ring (bicyclic) bond motifs is 2. The fourth-order valence-corrected chi connectivity index (χ4v) is 2.07. The Kier molecular flexibility index (Phi) is 7.66. The molecule has 2 aromatic carbocycles. The summed E-state index contributed by atoms with van der Waals surface area (Å²) in [4.78, 5) is 29.7. The average Bonchev–Trinajstić information content (AvgIpc) is 3.01. The third-order valence-corrected chi connectivity index (χ3v) is 3.15. The fraction of sp³-hybridized carbons (Fsp3) is 0. The summed E-state index contributed by atoms with van der Waals surface area (Å²) in [5.74, 6) is 0. The minimum absolute atomic E-state index is 1.10. The molecule has 2 aliphatic heterocycles. The first kappa shape index (κ1) is 20.3. The lowest BCUT2D eigenvalue weighted by molar-refractivity contribution is 0.275. The maximum Gasteiger partial charge on any atom is 0.466 e. The highest BCUT2D eigenvalue weighted by atomic mass is 31.2. The van der Waals surface area contributed by atoms with Crippen LogP contribution in [0.1, 0.15) is 11.1 Å². The van der Waals surface area contributed by atoms with Crippen molar-refractivity contribution in [3.8, 4) is 0 Å². The lowest BCUT2D eigenvalue weighted by Gasteiger charge is -2.01. The zero-order chi connectivity index (χ0) is 19.5. The normalized spacial score (nSPS) is 13.1. The molecule has 0 fully saturated rings. The lowest BCUT2D eigenvalue weighted by atomic mass is 10.2. The van der Waals surface area contributed by atoms with E-state index in [0.717, 1.165) is 22.5 Å². The van der Waals surface area contributed by atoms with Crippen LogP contribution in [0.5, 0.6) is 0 Å². The van der Waals surface area contributed by atoms with Crippen molar-refractivity contribution in [2.45, 2.75) is 0 Å². The van der Waals surface area contributed by atoms with Gasteiger partial charge in [0.05, 0.1) is 0 Å². The summed E-state index contributed by atoms with van der Waals surface area (Å²) in [6, 6.07) is 16.1. The van der Waals surface area contributed by atoms with E-state index in [-0.39, 0.29) is 0 Å². The molecule has 2 aliphatic rings. The Morgan fingerprint density at radius 1 is 0.704 bits per heavy atom. The maximum absolute atomic E-state index is 8.88. The minimum atomic E-state index is -4.64. The van der Waals surface area contributed by atoms with E-state index in [1.54, 1.807) is 12.4 Å². The second-order valence-corrected chi connectivity index (χ2v) is 6.19. The van der Waals surface area contributed by atoms with Crippen LogP contribution in [0.4, 0.5) is 11.4 Å². The highest BCUT2D eigenvalue weighted by molar-refractivity contribution is 7.45. The SMILES string of the molecule is C1=CNc2ccccc2C=N1.C1=CNc2ccccc2C=N1.O=P(O)(O)O. The first-order valence-electron chi connectivity index (χ1n) is 7.79. The van der Waals surface area contributed by atoms with E-state index in [9.17, 15) is 0 Å². The van der Waals surface area contributed by atoms with Crippen molar-refractivity contribution in [2.24, 2.45) is 9.98 Å². The Morgan fingerprint density at radius 2 is 1.07 bits per heavy atom. The molecule has 9 heteroatoms. The van der Waals surface area contributed by atoms with Crippen LogP contribution < -0.4 is 10.6 Å². The van der Waals surface area contributed by atoms with Crippen LogP contribution in [0.2, 0.25) is 0 Å². The summed E-state index contributed by atoms with van der Waals surface area (Å²) in [7, 11) is -4.64. The Bertz CT molecular complexity index is 845. The number of aliphatic imine (C=N–C) groups is 2. The molecular formula is C18H19N4O4P. The molecule has 2 aromatic rings. The standard InChI is InChI=1S/2C9H8N2.H3O4P/c2*1-2-4-9-8(3-1)7-10-5-6-11-9;1-5(2,3)4/h2*1-7,11H;(H3,1,2,3,4). The highest BCUT2D eigenvalue weighted by Crippen LogP contribution is 2.25. The van der Waals surface area contributed by atoms with Crippen LogP contribution in [0, 0.1) is 0 Å². The van der Waals surface area contributed by atoms with E-state index in [4.69, 9.17) is 19.2 Å². The Labute approximate surface area is 156 Å². The van der Waals surface area contributed by atoms with Gasteiger partial charge in [-0.25, -0.2) is 4.57 Å². The van der Waals surface area contributed by atoms with Gasteiger partial charge in [0.2, 0.25) is 0 Å². The highest BCUT2D eigenvalue weighted by Gasteiger charge is 2.00. The van der Waals surface area contributed by atoms with E-state index in [2.05, 4.69) is 20.6 Å². The molecule has 0 radical (unpaired) electrons. The molecule has 0 aliphatic carbocycles. The molecule has 4 rings (SSSR count). The molecule has 27 heavy (non-hydrogen) atoms. The van der Waals surface area contributed by atoms with Crippen molar-refractivity contribution in [2.75, 3.05) is 10.6 Å². The van der Waals surface area contributed by atoms with Crippen LogP contribution in [-0.4, -0.2) is 27.1 Å². The number of nitrogens with one attached hydrogen (secondary N) is 2. The molecule has 140 valence electrons. The molecule has 0 atom stereocenters. The first-order chi connectivity index (χ1) is 12.9. The van der Waals surface area contributed by atoms with E-state index >= 15 is 0 Å². The van der Waals surface area contributed by atoms with Crippen molar-refractivity contribution in [1.29, 1.82) is 0 Å². The van der Waals surface area contributed by atoms with E-state index < -0.39 is 7.82 Å². The number of hydrogen-bond donors (Lipinski definition) is 5. The van der Waals surface area contributed by atoms with Gasteiger partial charge in [-0.2, -0.15) is 0 Å². The van der Waals surface area contributed by atoms with Crippen LogP contribution >= 0.6 is 7.82 Å². The third-order valence-electron chi connectivity index (χ3n) is 3.15. The molecule has 5 N–H and O–H groups in total. The number of anilines is 2. The lowest BCUT2D eigenvalue weighted by Crippen LogP contribution is -1.89. The number of para-hydroxylation sites is 2. The molecule has 0 spiro atoms. The second kappa shape index (κ2) is 10.2. The monoisotopic (exact) mass is 386 g/mol. The topological polar surface area (TPSA) is 127 Å². The van der Waals surface area contributed by atoms with Crippen molar-refractivity contribution in [3.05, 3.63) is 84.5 Å². The average molecular weight is 386 g/mol. The minimum Gasteiger partial charge on any atom is -0.360 e. The van der Waals surface area contributed by atoms with Crippen LogP contribution in [0.15, 0.2) is 83.3 Å². The van der Waals surface area contributed by atoms with Gasteiger partial charge in [0.25, 0.3) is 0 Å². The molecule has 0 unspecified atom stereocenters. The number of rotatable bonds is 0. The Hall–Kier alpha value is -3.03. The van der Waals surface area contributed by atoms with Gasteiger partial charge in [-0.15, -0.1) is 0 Å². The zero-order valence-corrected chi connectivity index (χ0v) is 15.1. The molecule has 0 bridgehead atoms. The summed E-state index contributed by atoms with van der Waals surface area (Å²) in [6.07, 6.45) is 10.8. The summed E-state index contributed by atoms with van der Waals surface area (Å²) < 4.78 is 8.88. The predicted octanol–water partition coefficient (Wildman–Crippen LogP) is 3.08. The summed E-state index contributed by atoms with van der Waals surface area (Å²) >= 11 is 0. The van der Waals surface area contributed by atoms with Crippen LogP contribution in [0.3, 0.4) is 0 Å². The Balaban J connectivity index is 0.000000157. The van der Waals surface area contributed by atoms with Gasteiger partial charge in [0, 0.05) is 59.7 Å². The van der Waals surface area contributed by atoms with E-state index in [1.807, 2.05) is 73.4 Å². The Morgan fingerprint density at radius 3 is 1.48 bits per heavy atom. The van der Waals surface area contributed by atoms with Gasteiger partial charge in [-0.3, -0.25) is 9.98 Å². The van der Waals surface area contributed by atoms with E-state index in [0.29, 0.717) is 0 Å². The quantitative estimate of drug-likeness (QED) is 0.443. The summed E-state index contributed by atoms with van der Waals surface area (Å²) in [5.41, 5.74) is 4.45.